The molecule has 1 atom stereocenters. The van der Waals surface area contributed by atoms with Gasteiger partial charge in [0.1, 0.15) is 5.82 Å². The van der Waals surface area contributed by atoms with Gasteiger partial charge in [-0.25, -0.2) is 14.5 Å². The SMILES string of the molecule is CCC[C@H](N)C(=O)N1CCC(Cc2n[nH]c(=O)n2-c2ccccc2)CC1.Cl. The van der Waals surface area contributed by atoms with Crippen molar-refractivity contribution < 1.29 is 4.79 Å². The average Bonchev–Trinajstić information content (AvgIpc) is 3.03. The molecule has 1 saturated heterocycles. The van der Waals surface area contributed by atoms with E-state index in [1.165, 1.54) is 0 Å². The Bertz CT molecular complexity index is 781. The van der Waals surface area contributed by atoms with Crippen LogP contribution in [0.25, 0.3) is 5.69 Å². The van der Waals surface area contributed by atoms with E-state index < -0.39 is 0 Å². The number of piperidine rings is 1. The number of halogens is 1. The van der Waals surface area contributed by atoms with E-state index in [-0.39, 0.29) is 30.0 Å². The molecular weight excluding hydrogens is 366 g/mol. The number of H-pyrrole nitrogens is 1. The van der Waals surface area contributed by atoms with E-state index in [0.717, 1.165) is 56.7 Å². The van der Waals surface area contributed by atoms with Gasteiger partial charge in [-0.05, 0) is 37.3 Å². The van der Waals surface area contributed by atoms with Gasteiger partial charge in [0.15, 0.2) is 0 Å². The molecule has 2 heterocycles. The van der Waals surface area contributed by atoms with Crippen molar-refractivity contribution in [3.05, 3.63) is 46.6 Å². The lowest BCUT2D eigenvalue weighted by Crippen LogP contribution is -2.47. The third kappa shape index (κ3) is 4.99. The molecule has 1 amide bonds. The zero-order chi connectivity index (χ0) is 18.5. The van der Waals surface area contributed by atoms with Gasteiger partial charge in [0, 0.05) is 19.5 Å². The summed E-state index contributed by atoms with van der Waals surface area (Å²) in [6, 6.07) is 9.15. The predicted octanol–water partition coefficient (Wildman–Crippen LogP) is 1.89. The van der Waals surface area contributed by atoms with Crippen molar-refractivity contribution in [1.29, 1.82) is 0 Å². The van der Waals surface area contributed by atoms with Crippen LogP contribution in [0.1, 0.15) is 38.4 Å². The second kappa shape index (κ2) is 9.71. The van der Waals surface area contributed by atoms with Gasteiger partial charge in [-0.1, -0.05) is 31.5 Å². The fourth-order valence-electron chi connectivity index (χ4n) is 3.59. The van der Waals surface area contributed by atoms with Crippen LogP contribution < -0.4 is 11.4 Å². The monoisotopic (exact) mass is 393 g/mol. The van der Waals surface area contributed by atoms with Crippen LogP contribution in [0.3, 0.4) is 0 Å². The van der Waals surface area contributed by atoms with Crippen molar-refractivity contribution in [1.82, 2.24) is 19.7 Å². The lowest BCUT2D eigenvalue weighted by atomic mass is 9.92. The first-order chi connectivity index (χ1) is 12.6. The van der Waals surface area contributed by atoms with Crippen LogP contribution in [0.15, 0.2) is 35.1 Å². The summed E-state index contributed by atoms with van der Waals surface area (Å²) in [7, 11) is 0. The Balaban J connectivity index is 0.00000261. The van der Waals surface area contributed by atoms with E-state index in [9.17, 15) is 9.59 Å². The number of aromatic amines is 1. The Kier molecular flexibility index (Phi) is 7.62. The maximum atomic E-state index is 12.3. The highest BCUT2D eigenvalue weighted by Crippen LogP contribution is 2.22. The van der Waals surface area contributed by atoms with Crippen molar-refractivity contribution in [2.45, 2.75) is 45.1 Å². The number of carbonyl (C=O) groups is 1. The summed E-state index contributed by atoms with van der Waals surface area (Å²) in [5.41, 5.74) is 6.56. The summed E-state index contributed by atoms with van der Waals surface area (Å²) >= 11 is 0. The van der Waals surface area contributed by atoms with E-state index in [2.05, 4.69) is 10.2 Å². The second-order valence-electron chi connectivity index (χ2n) is 6.98. The maximum Gasteiger partial charge on any atom is 0.347 e. The molecule has 148 valence electrons. The number of nitrogens with two attached hydrogens (primary N) is 1. The Morgan fingerprint density at radius 2 is 1.96 bits per heavy atom. The quantitative estimate of drug-likeness (QED) is 0.783. The van der Waals surface area contributed by atoms with Gasteiger partial charge in [-0.3, -0.25) is 4.79 Å². The number of likely N-dealkylation sites (tertiary alicyclic amines) is 1. The van der Waals surface area contributed by atoms with E-state index >= 15 is 0 Å². The molecule has 8 heteroatoms. The molecule has 0 bridgehead atoms. The molecule has 2 aromatic rings. The third-order valence-corrected chi connectivity index (χ3v) is 5.07. The number of para-hydroxylation sites is 1. The summed E-state index contributed by atoms with van der Waals surface area (Å²) in [4.78, 5) is 26.4. The van der Waals surface area contributed by atoms with E-state index in [4.69, 9.17) is 5.73 Å². The Morgan fingerprint density at radius 1 is 1.30 bits per heavy atom. The van der Waals surface area contributed by atoms with Crippen molar-refractivity contribution >= 4 is 18.3 Å². The second-order valence-corrected chi connectivity index (χ2v) is 6.98. The number of nitrogens with one attached hydrogen (secondary N) is 1. The zero-order valence-corrected chi connectivity index (χ0v) is 16.5. The summed E-state index contributed by atoms with van der Waals surface area (Å²) < 4.78 is 1.63. The Labute approximate surface area is 165 Å². The normalized spacial score (nSPS) is 16.0. The number of amides is 1. The number of hydrogen-bond donors (Lipinski definition) is 2. The smallest absolute Gasteiger partial charge is 0.341 e. The number of aromatic nitrogens is 3. The van der Waals surface area contributed by atoms with Crippen LogP contribution in [-0.2, 0) is 11.2 Å². The van der Waals surface area contributed by atoms with Crippen molar-refractivity contribution in [3.63, 3.8) is 0 Å². The minimum Gasteiger partial charge on any atom is -0.341 e. The molecular formula is C19H28ClN5O2. The van der Waals surface area contributed by atoms with Gasteiger partial charge < -0.3 is 10.6 Å². The molecule has 1 aromatic heterocycles. The first-order valence-corrected chi connectivity index (χ1v) is 9.36. The summed E-state index contributed by atoms with van der Waals surface area (Å²) in [6.07, 6.45) is 4.17. The lowest BCUT2D eigenvalue weighted by Gasteiger charge is -2.33. The van der Waals surface area contributed by atoms with E-state index in [1.54, 1.807) is 4.57 Å². The molecule has 1 aromatic carbocycles. The maximum absolute atomic E-state index is 12.3. The molecule has 0 saturated carbocycles. The molecule has 3 N–H and O–H groups in total. The predicted molar refractivity (Wildman–Crippen MR) is 107 cm³/mol. The van der Waals surface area contributed by atoms with E-state index in [1.807, 2.05) is 42.2 Å². The van der Waals surface area contributed by atoms with Crippen LogP contribution in [-0.4, -0.2) is 44.7 Å². The van der Waals surface area contributed by atoms with Gasteiger partial charge in [0.05, 0.1) is 11.7 Å². The number of hydrogen-bond acceptors (Lipinski definition) is 4. The van der Waals surface area contributed by atoms with E-state index in [0.29, 0.717) is 5.92 Å². The van der Waals surface area contributed by atoms with Crippen molar-refractivity contribution in [2.75, 3.05) is 13.1 Å². The average molecular weight is 394 g/mol. The van der Waals surface area contributed by atoms with Gasteiger partial charge in [-0.2, -0.15) is 5.10 Å². The fourth-order valence-corrected chi connectivity index (χ4v) is 3.59. The Morgan fingerprint density at radius 3 is 2.59 bits per heavy atom. The minimum absolute atomic E-state index is 0. The molecule has 1 aliphatic rings. The van der Waals surface area contributed by atoms with Gasteiger partial charge in [0.2, 0.25) is 5.91 Å². The van der Waals surface area contributed by atoms with Crippen LogP contribution in [0.4, 0.5) is 0 Å². The zero-order valence-electron chi connectivity index (χ0n) is 15.6. The van der Waals surface area contributed by atoms with Crippen LogP contribution in [0.5, 0.6) is 0 Å². The van der Waals surface area contributed by atoms with Crippen LogP contribution in [0, 0.1) is 5.92 Å². The fraction of sp³-hybridized carbons (Fsp3) is 0.526. The molecule has 0 aliphatic carbocycles. The highest BCUT2D eigenvalue weighted by atomic mass is 35.5. The molecule has 27 heavy (non-hydrogen) atoms. The highest BCUT2D eigenvalue weighted by Gasteiger charge is 2.27. The molecule has 0 unspecified atom stereocenters. The first kappa shape index (κ1) is 21.2. The van der Waals surface area contributed by atoms with Gasteiger partial charge >= 0.3 is 5.69 Å². The molecule has 7 nitrogen and oxygen atoms in total. The van der Waals surface area contributed by atoms with Crippen LogP contribution >= 0.6 is 12.4 Å². The number of benzene rings is 1. The highest BCUT2D eigenvalue weighted by molar-refractivity contribution is 5.85. The standard InChI is InChI=1S/C19H27N5O2.ClH/c1-2-6-16(20)18(25)23-11-9-14(10-12-23)13-17-21-22-19(26)24(17)15-7-4-3-5-8-15;/h3-5,7-8,14,16H,2,6,9-13,20H2,1H3,(H,22,26);1H/t16-;/m0./s1. The van der Waals surface area contributed by atoms with Gasteiger partial charge in [-0.15, -0.1) is 12.4 Å². The van der Waals surface area contributed by atoms with Crippen molar-refractivity contribution in [3.8, 4) is 5.69 Å². The van der Waals surface area contributed by atoms with Crippen molar-refractivity contribution in [2.24, 2.45) is 11.7 Å². The van der Waals surface area contributed by atoms with Gasteiger partial charge in [0.25, 0.3) is 0 Å². The topological polar surface area (TPSA) is 97.0 Å². The molecule has 0 radical (unpaired) electrons. The lowest BCUT2D eigenvalue weighted by molar-refractivity contribution is -0.134. The molecule has 0 spiro atoms. The third-order valence-electron chi connectivity index (χ3n) is 5.07. The largest absolute Gasteiger partial charge is 0.347 e. The summed E-state index contributed by atoms with van der Waals surface area (Å²) in [5.74, 6) is 1.21. The number of rotatable bonds is 6. The first-order valence-electron chi connectivity index (χ1n) is 9.36. The Hall–Kier alpha value is -2.12. The number of nitrogens with zero attached hydrogens (tertiary/aromatic N) is 3. The molecule has 1 fully saturated rings. The molecule has 1 aliphatic heterocycles. The minimum atomic E-state index is -0.383. The van der Waals surface area contributed by atoms with Crippen LogP contribution in [0.2, 0.25) is 0 Å². The molecule has 3 rings (SSSR count). The summed E-state index contributed by atoms with van der Waals surface area (Å²) in [6.45, 7) is 3.48. The number of carbonyl (C=O) groups excluding carboxylic acids is 1. The summed E-state index contributed by atoms with van der Waals surface area (Å²) in [5, 5.41) is 6.78.